The number of hydrogen-bond donors (Lipinski definition) is 2. The molecule has 2 aromatic rings. The second-order valence-electron chi connectivity index (χ2n) is 6.28. The summed E-state index contributed by atoms with van der Waals surface area (Å²) in [5, 5.41) is 6.79. The predicted molar refractivity (Wildman–Crippen MR) is 101 cm³/mol. The molecule has 0 atom stereocenters. The molecule has 0 aliphatic rings. The molecule has 130 valence electrons. The van der Waals surface area contributed by atoms with Crippen molar-refractivity contribution >= 4 is 23.7 Å². The van der Waals surface area contributed by atoms with Gasteiger partial charge in [-0.1, -0.05) is 37.6 Å². The number of amides is 2. The van der Waals surface area contributed by atoms with Gasteiger partial charge in [0.15, 0.2) is 0 Å². The number of aryl methyl sites for hydroxylation is 2. The van der Waals surface area contributed by atoms with Gasteiger partial charge in [-0.2, -0.15) is 5.10 Å². The summed E-state index contributed by atoms with van der Waals surface area (Å²) in [5.74, 6) is -0.458. The van der Waals surface area contributed by atoms with E-state index in [0.717, 1.165) is 11.1 Å². The highest BCUT2D eigenvalue weighted by atomic mass is 16.2. The standard InChI is InChI=1S/C20H23N3O2/c1-13(2)19(24)22-18-9-7-16(8-10-18)20(25)23-21-12-17-6-5-14(3)11-15(17)4/h5-13H,1-4H3,(H,22,24)(H,23,25)/b21-12+. The number of nitrogens with one attached hydrogen (secondary N) is 2. The zero-order chi connectivity index (χ0) is 18.4. The molecule has 0 fully saturated rings. The molecule has 0 radical (unpaired) electrons. The molecule has 2 rings (SSSR count). The Kier molecular flexibility index (Phi) is 6.06. The molecule has 0 aliphatic carbocycles. The Morgan fingerprint density at radius 1 is 1.04 bits per heavy atom. The van der Waals surface area contributed by atoms with Gasteiger partial charge < -0.3 is 5.32 Å². The molecule has 0 saturated heterocycles. The Hall–Kier alpha value is -2.95. The fourth-order valence-electron chi connectivity index (χ4n) is 2.19. The van der Waals surface area contributed by atoms with Crippen molar-refractivity contribution in [2.24, 2.45) is 11.0 Å². The molecule has 5 heteroatoms. The molecular formula is C20H23N3O2. The van der Waals surface area contributed by atoms with Crippen LogP contribution in [0.4, 0.5) is 5.69 Å². The van der Waals surface area contributed by atoms with Crippen LogP contribution in [0.1, 0.15) is 40.9 Å². The summed E-state index contributed by atoms with van der Waals surface area (Å²) >= 11 is 0. The quantitative estimate of drug-likeness (QED) is 0.645. The monoisotopic (exact) mass is 337 g/mol. The number of anilines is 1. The summed E-state index contributed by atoms with van der Waals surface area (Å²) in [6.07, 6.45) is 1.63. The van der Waals surface area contributed by atoms with Crippen LogP contribution >= 0.6 is 0 Å². The number of benzene rings is 2. The zero-order valence-electron chi connectivity index (χ0n) is 15.0. The first-order chi connectivity index (χ1) is 11.9. The molecule has 0 heterocycles. The molecule has 0 saturated carbocycles. The highest BCUT2D eigenvalue weighted by molar-refractivity contribution is 5.96. The first-order valence-corrected chi connectivity index (χ1v) is 8.18. The topological polar surface area (TPSA) is 70.6 Å². The van der Waals surface area contributed by atoms with Gasteiger partial charge in [0.1, 0.15) is 0 Å². The molecule has 2 amide bonds. The van der Waals surface area contributed by atoms with Crippen LogP contribution in [-0.4, -0.2) is 18.0 Å². The Labute approximate surface area is 148 Å². The van der Waals surface area contributed by atoms with E-state index >= 15 is 0 Å². The number of hydrogen-bond acceptors (Lipinski definition) is 3. The predicted octanol–water partition coefficient (Wildman–Crippen LogP) is 3.66. The summed E-state index contributed by atoms with van der Waals surface area (Å²) in [6.45, 7) is 7.68. The smallest absolute Gasteiger partial charge is 0.271 e. The SMILES string of the molecule is Cc1ccc(/C=N/NC(=O)c2ccc(NC(=O)C(C)C)cc2)c(C)c1. The molecule has 5 nitrogen and oxygen atoms in total. The van der Waals surface area contributed by atoms with Crippen molar-refractivity contribution in [2.75, 3.05) is 5.32 Å². The van der Waals surface area contributed by atoms with Gasteiger partial charge in [0, 0.05) is 17.2 Å². The second kappa shape index (κ2) is 8.24. The van der Waals surface area contributed by atoms with E-state index in [1.165, 1.54) is 5.56 Å². The lowest BCUT2D eigenvalue weighted by molar-refractivity contribution is -0.118. The summed E-state index contributed by atoms with van der Waals surface area (Å²) in [6, 6.07) is 12.7. The fourth-order valence-corrected chi connectivity index (χ4v) is 2.19. The first-order valence-electron chi connectivity index (χ1n) is 8.18. The van der Waals surface area contributed by atoms with E-state index in [4.69, 9.17) is 0 Å². The Bertz CT molecular complexity index is 793. The van der Waals surface area contributed by atoms with Crippen LogP contribution in [0.25, 0.3) is 0 Å². The minimum Gasteiger partial charge on any atom is -0.326 e. The van der Waals surface area contributed by atoms with Gasteiger partial charge in [0.25, 0.3) is 5.91 Å². The van der Waals surface area contributed by atoms with E-state index in [-0.39, 0.29) is 17.7 Å². The van der Waals surface area contributed by atoms with Crippen molar-refractivity contribution in [3.63, 3.8) is 0 Å². The van der Waals surface area contributed by atoms with E-state index in [0.29, 0.717) is 11.3 Å². The van der Waals surface area contributed by atoms with Gasteiger partial charge in [-0.25, -0.2) is 5.43 Å². The van der Waals surface area contributed by atoms with Crippen LogP contribution in [0, 0.1) is 19.8 Å². The fraction of sp³-hybridized carbons (Fsp3) is 0.250. The number of carbonyl (C=O) groups excluding carboxylic acids is 2. The number of carbonyl (C=O) groups is 2. The molecule has 0 bridgehead atoms. The van der Waals surface area contributed by atoms with E-state index in [9.17, 15) is 9.59 Å². The molecule has 2 aromatic carbocycles. The zero-order valence-corrected chi connectivity index (χ0v) is 15.0. The van der Waals surface area contributed by atoms with Crippen molar-refractivity contribution < 1.29 is 9.59 Å². The lowest BCUT2D eigenvalue weighted by Crippen LogP contribution is -2.19. The van der Waals surface area contributed by atoms with E-state index < -0.39 is 0 Å². The second-order valence-corrected chi connectivity index (χ2v) is 6.28. The van der Waals surface area contributed by atoms with Crippen molar-refractivity contribution in [2.45, 2.75) is 27.7 Å². The van der Waals surface area contributed by atoms with E-state index in [2.05, 4.69) is 21.9 Å². The maximum absolute atomic E-state index is 12.1. The van der Waals surface area contributed by atoms with Gasteiger partial charge in [0.2, 0.25) is 5.91 Å². The minimum absolute atomic E-state index is 0.0599. The van der Waals surface area contributed by atoms with Crippen LogP contribution in [0.5, 0.6) is 0 Å². The average molecular weight is 337 g/mol. The van der Waals surface area contributed by atoms with E-state index in [1.54, 1.807) is 30.5 Å². The van der Waals surface area contributed by atoms with Crippen LogP contribution in [0.15, 0.2) is 47.6 Å². The van der Waals surface area contributed by atoms with Gasteiger partial charge in [0.05, 0.1) is 6.21 Å². The number of nitrogens with zero attached hydrogens (tertiary/aromatic N) is 1. The van der Waals surface area contributed by atoms with Crippen molar-refractivity contribution in [3.05, 3.63) is 64.7 Å². The summed E-state index contributed by atoms with van der Waals surface area (Å²) in [5.41, 5.74) is 6.88. The molecule has 2 N–H and O–H groups in total. The molecule has 25 heavy (non-hydrogen) atoms. The largest absolute Gasteiger partial charge is 0.326 e. The third-order valence-corrected chi connectivity index (χ3v) is 3.73. The Morgan fingerprint density at radius 3 is 2.32 bits per heavy atom. The van der Waals surface area contributed by atoms with Gasteiger partial charge in [-0.05, 0) is 49.2 Å². The van der Waals surface area contributed by atoms with Crippen molar-refractivity contribution in [1.82, 2.24) is 5.43 Å². The van der Waals surface area contributed by atoms with Crippen LogP contribution in [-0.2, 0) is 4.79 Å². The van der Waals surface area contributed by atoms with Crippen molar-refractivity contribution in [3.8, 4) is 0 Å². The Morgan fingerprint density at radius 2 is 1.72 bits per heavy atom. The highest BCUT2D eigenvalue weighted by Crippen LogP contribution is 2.11. The summed E-state index contributed by atoms with van der Waals surface area (Å²) in [7, 11) is 0. The number of rotatable bonds is 5. The van der Waals surface area contributed by atoms with Gasteiger partial charge >= 0.3 is 0 Å². The molecule has 0 spiro atoms. The lowest BCUT2D eigenvalue weighted by atomic mass is 10.1. The number of hydrazone groups is 1. The maximum atomic E-state index is 12.1. The molecule has 0 aliphatic heterocycles. The normalized spacial score (nSPS) is 10.9. The first kappa shape index (κ1) is 18.4. The van der Waals surface area contributed by atoms with Crippen LogP contribution in [0.3, 0.4) is 0 Å². The maximum Gasteiger partial charge on any atom is 0.271 e. The van der Waals surface area contributed by atoms with Gasteiger partial charge in [-0.3, -0.25) is 9.59 Å². The van der Waals surface area contributed by atoms with Crippen LogP contribution < -0.4 is 10.7 Å². The summed E-state index contributed by atoms with van der Waals surface area (Å²) < 4.78 is 0. The van der Waals surface area contributed by atoms with Gasteiger partial charge in [-0.15, -0.1) is 0 Å². The highest BCUT2D eigenvalue weighted by Gasteiger charge is 2.08. The summed E-state index contributed by atoms with van der Waals surface area (Å²) in [4.78, 5) is 23.7. The third kappa shape index (κ3) is 5.28. The molecular weight excluding hydrogens is 314 g/mol. The lowest BCUT2D eigenvalue weighted by Gasteiger charge is -2.08. The van der Waals surface area contributed by atoms with Crippen LogP contribution in [0.2, 0.25) is 0 Å². The Balaban J connectivity index is 1.96. The third-order valence-electron chi connectivity index (χ3n) is 3.73. The molecule has 0 aromatic heterocycles. The minimum atomic E-state index is -0.303. The molecule has 0 unspecified atom stereocenters. The van der Waals surface area contributed by atoms with Crippen molar-refractivity contribution in [1.29, 1.82) is 0 Å². The average Bonchev–Trinajstić information content (AvgIpc) is 2.57. The van der Waals surface area contributed by atoms with E-state index in [1.807, 2.05) is 39.8 Å².